The number of ether oxygens (including phenoxy) is 1. The lowest BCUT2D eigenvalue weighted by Crippen LogP contribution is -2.15. The molecule has 10 heteroatoms. The third-order valence-electron chi connectivity index (χ3n) is 2.47. The number of nitro groups is 1. The maximum absolute atomic E-state index is 11.8. The highest BCUT2D eigenvalue weighted by molar-refractivity contribution is 7.89. The molecule has 0 bridgehead atoms. The topological polar surface area (TPSA) is 150 Å². The highest BCUT2D eigenvalue weighted by atomic mass is 32.2. The van der Waals surface area contributed by atoms with Gasteiger partial charge in [0.2, 0.25) is 15.8 Å². The van der Waals surface area contributed by atoms with E-state index in [0.717, 1.165) is 0 Å². The van der Waals surface area contributed by atoms with Gasteiger partial charge in [0, 0.05) is 6.07 Å². The number of carbonyl (C=O) groups is 1. The molecule has 120 valence electrons. The van der Waals surface area contributed by atoms with Crippen molar-refractivity contribution in [2.45, 2.75) is 4.90 Å². The summed E-state index contributed by atoms with van der Waals surface area (Å²) in [5, 5.41) is 25.3. The Bertz CT molecular complexity index is 1110. The minimum Gasteiger partial charge on any atom is -0.478 e. The van der Waals surface area contributed by atoms with Crippen LogP contribution in [0.3, 0.4) is 0 Å². The molecule has 2 aromatic carbocycles. The molecule has 0 radical (unpaired) electrons. The Morgan fingerprint density at radius 1 is 1.30 bits per heavy atom. The third-order valence-corrected chi connectivity index (χ3v) is 3.38. The Morgan fingerprint density at radius 2 is 1.91 bits per heavy atom. The lowest BCUT2D eigenvalue weighted by molar-refractivity contribution is -0.385. The number of hydrogen-bond acceptors (Lipinski definition) is 6. The van der Waals surface area contributed by atoms with Crippen LogP contribution in [0.15, 0.2) is 47.2 Å². The Balaban J connectivity index is 2.91. The van der Waals surface area contributed by atoms with Crippen molar-refractivity contribution >= 4 is 21.7 Å². The summed E-state index contributed by atoms with van der Waals surface area (Å²) in [6.07, 6.45) is 0. The molecule has 2 rings (SSSR count). The van der Waals surface area contributed by atoms with E-state index in [1.165, 1.54) is 0 Å². The van der Waals surface area contributed by atoms with Gasteiger partial charge in [-0.25, -0.2) is 18.4 Å². The largest absolute Gasteiger partial charge is 0.478 e. The van der Waals surface area contributed by atoms with Gasteiger partial charge in [0.25, 0.3) is 0 Å². The molecule has 0 aromatic heterocycles. The van der Waals surface area contributed by atoms with E-state index in [2.05, 4.69) is 0 Å². The molecule has 0 heterocycles. The van der Waals surface area contributed by atoms with E-state index in [0.29, 0.717) is 12.1 Å². The van der Waals surface area contributed by atoms with Crippen LogP contribution < -0.4 is 9.88 Å². The second kappa shape index (κ2) is 6.02. The van der Waals surface area contributed by atoms with Crippen LogP contribution in [-0.4, -0.2) is 24.4 Å². The van der Waals surface area contributed by atoms with E-state index in [1.54, 1.807) is 0 Å². The highest BCUT2D eigenvalue weighted by Crippen LogP contribution is 2.38. The predicted molar refractivity (Wildman–Crippen MR) is 77.9 cm³/mol. The standard InChI is InChI=1S/C13H10N2O7S/c14-23(20,21)11-7-8(13(16)17)6-10(15(18)19)12(11)22-9-4-2-1-3-5-9/h1-7H,(H,16,17)(H2,14,20,21)/i1D,2D,3D,4D,5D. The fourth-order valence-corrected chi connectivity index (χ4v) is 2.25. The van der Waals surface area contributed by atoms with Gasteiger partial charge in [0.15, 0.2) is 0 Å². The lowest BCUT2D eigenvalue weighted by atomic mass is 10.2. The summed E-state index contributed by atoms with van der Waals surface area (Å²) in [6.45, 7) is 0. The minimum atomic E-state index is -4.77. The average Bonchev–Trinajstić information content (AvgIpc) is 2.60. The van der Waals surface area contributed by atoms with Crippen LogP contribution in [0.2, 0.25) is 0 Å². The van der Waals surface area contributed by atoms with Gasteiger partial charge in [0.1, 0.15) is 10.6 Å². The normalized spacial score (nSPS) is 14.0. The SMILES string of the molecule is [2H]c1c([2H])c([2H])c(Oc2c([N+](=O)[O-])cc(C(=O)O)cc2S(N)(=O)=O)c([2H])c1[2H]. The summed E-state index contributed by atoms with van der Waals surface area (Å²) in [4.78, 5) is 20.2. The molecule has 0 aliphatic carbocycles. The number of carboxylic acid groups (broad SMARTS) is 1. The van der Waals surface area contributed by atoms with Gasteiger partial charge in [-0.05, 0) is 18.2 Å². The molecular formula is C13H10N2O7S. The first-order valence-corrected chi connectivity index (χ1v) is 7.15. The van der Waals surface area contributed by atoms with Gasteiger partial charge in [-0.3, -0.25) is 10.1 Å². The number of nitrogens with zero attached hydrogens (tertiary/aromatic N) is 1. The molecular weight excluding hydrogens is 328 g/mol. The van der Waals surface area contributed by atoms with Crippen molar-refractivity contribution in [2.24, 2.45) is 5.14 Å². The van der Waals surface area contributed by atoms with E-state index in [4.69, 9.17) is 21.8 Å². The first kappa shape index (κ1) is 10.7. The van der Waals surface area contributed by atoms with Crippen LogP contribution in [0.4, 0.5) is 5.69 Å². The monoisotopic (exact) mass is 343 g/mol. The molecule has 23 heavy (non-hydrogen) atoms. The van der Waals surface area contributed by atoms with E-state index in [-0.39, 0.29) is 0 Å². The second-order valence-electron chi connectivity index (χ2n) is 3.99. The maximum Gasteiger partial charge on any atom is 0.335 e. The zero-order valence-corrected chi connectivity index (χ0v) is 11.8. The summed E-state index contributed by atoms with van der Waals surface area (Å²) >= 11 is 0. The number of rotatable bonds is 5. The Morgan fingerprint density at radius 3 is 2.39 bits per heavy atom. The molecule has 2 aromatic rings. The van der Waals surface area contributed by atoms with Crippen LogP contribution in [0.1, 0.15) is 17.2 Å². The number of benzene rings is 2. The van der Waals surface area contributed by atoms with E-state index in [9.17, 15) is 23.3 Å². The van der Waals surface area contributed by atoms with Crippen molar-refractivity contribution in [3.8, 4) is 11.5 Å². The van der Waals surface area contributed by atoms with Crippen molar-refractivity contribution in [1.29, 1.82) is 0 Å². The van der Waals surface area contributed by atoms with Crippen LogP contribution >= 0.6 is 0 Å². The summed E-state index contributed by atoms with van der Waals surface area (Å²) in [7, 11) is -4.77. The first-order chi connectivity index (χ1) is 12.8. The van der Waals surface area contributed by atoms with Crippen LogP contribution in [0, 0.1) is 10.1 Å². The molecule has 0 fully saturated rings. The van der Waals surface area contributed by atoms with Gasteiger partial charge >= 0.3 is 11.7 Å². The van der Waals surface area contributed by atoms with E-state index in [1.807, 2.05) is 0 Å². The van der Waals surface area contributed by atoms with Crippen molar-refractivity contribution in [3.63, 3.8) is 0 Å². The van der Waals surface area contributed by atoms with Crippen LogP contribution in [0.25, 0.3) is 0 Å². The number of nitro benzene ring substituents is 1. The van der Waals surface area contributed by atoms with Gasteiger partial charge < -0.3 is 9.84 Å². The van der Waals surface area contributed by atoms with E-state index < -0.39 is 78.8 Å². The molecule has 0 spiro atoms. The van der Waals surface area contributed by atoms with Gasteiger partial charge in [-0.1, -0.05) is 18.1 Å². The molecule has 0 amide bonds. The molecule has 0 aliphatic heterocycles. The minimum absolute atomic E-state index is 0.488. The Hall–Kier alpha value is -2.98. The Kier molecular flexibility index (Phi) is 2.80. The van der Waals surface area contributed by atoms with Gasteiger partial charge in [-0.2, -0.15) is 0 Å². The fourth-order valence-electron chi connectivity index (χ4n) is 1.55. The second-order valence-corrected chi connectivity index (χ2v) is 5.52. The maximum atomic E-state index is 11.8. The number of primary sulfonamides is 1. The molecule has 0 saturated heterocycles. The fraction of sp³-hybridized carbons (Fsp3) is 0. The lowest BCUT2D eigenvalue weighted by Gasteiger charge is -2.11. The van der Waals surface area contributed by atoms with Gasteiger partial charge in [0.05, 0.1) is 17.3 Å². The molecule has 0 saturated carbocycles. The molecule has 0 unspecified atom stereocenters. The molecule has 0 aliphatic rings. The smallest absolute Gasteiger partial charge is 0.335 e. The first-order valence-electron chi connectivity index (χ1n) is 8.10. The molecule has 3 N–H and O–H groups in total. The zero-order valence-electron chi connectivity index (χ0n) is 16.0. The molecule has 0 atom stereocenters. The Labute approximate surface area is 137 Å². The third kappa shape index (κ3) is 3.62. The zero-order chi connectivity index (χ0) is 21.5. The van der Waals surface area contributed by atoms with Crippen molar-refractivity contribution < 1.29 is 34.8 Å². The summed E-state index contributed by atoms with van der Waals surface area (Å²) in [5.74, 6) is -3.68. The number of sulfonamides is 1. The summed E-state index contributed by atoms with van der Waals surface area (Å²) in [5.41, 5.74) is -1.93. The summed E-state index contributed by atoms with van der Waals surface area (Å²) in [6, 6.07) is -3.26. The highest BCUT2D eigenvalue weighted by Gasteiger charge is 2.29. The van der Waals surface area contributed by atoms with Crippen molar-refractivity contribution in [3.05, 3.63) is 58.0 Å². The van der Waals surface area contributed by atoms with E-state index >= 15 is 0 Å². The number of carboxylic acids is 1. The van der Waals surface area contributed by atoms with Crippen molar-refractivity contribution in [2.75, 3.05) is 0 Å². The quantitative estimate of drug-likeness (QED) is 0.620. The number of aromatic carboxylic acids is 1. The van der Waals surface area contributed by atoms with Crippen molar-refractivity contribution in [1.82, 2.24) is 0 Å². The average molecular weight is 343 g/mol. The number of hydrogen-bond donors (Lipinski definition) is 2. The predicted octanol–water partition coefficient (Wildman–Crippen LogP) is 1.73. The van der Waals surface area contributed by atoms with Crippen LogP contribution in [-0.2, 0) is 10.0 Å². The van der Waals surface area contributed by atoms with Gasteiger partial charge in [-0.15, -0.1) is 0 Å². The molecule has 9 nitrogen and oxygen atoms in total. The summed E-state index contributed by atoms with van der Waals surface area (Å²) < 4.78 is 66.9. The van der Waals surface area contributed by atoms with Crippen LogP contribution in [0.5, 0.6) is 11.5 Å². The number of para-hydroxylation sites is 1. The number of nitrogens with two attached hydrogens (primary N) is 1.